The average molecular weight is 295 g/mol. The van der Waals surface area contributed by atoms with Crippen LogP contribution < -0.4 is 5.32 Å². The van der Waals surface area contributed by atoms with E-state index in [4.69, 9.17) is 0 Å². The van der Waals surface area contributed by atoms with E-state index in [0.29, 0.717) is 6.04 Å². The Morgan fingerprint density at radius 3 is 2.38 bits per heavy atom. The van der Waals surface area contributed by atoms with Crippen molar-refractivity contribution in [2.24, 2.45) is 0 Å². The number of amides is 1. The molecule has 0 spiro atoms. The van der Waals surface area contributed by atoms with E-state index in [2.05, 4.69) is 10.2 Å². The summed E-state index contributed by atoms with van der Waals surface area (Å²) < 4.78 is 0. The van der Waals surface area contributed by atoms with Crippen molar-refractivity contribution in [1.29, 1.82) is 0 Å². The van der Waals surface area contributed by atoms with Gasteiger partial charge in [0, 0.05) is 19.1 Å². The van der Waals surface area contributed by atoms with Crippen molar-refractivity contribution in [3.05, 3.63) is 0 Å². The van der Waals surface area contributed by atoms with E-state index in [-0.39, 0.29) is 18.0 Å². The van der Waals surface area contributed by atoms with Crippen LogP contribution >= 0.6 is 0 Å². The summed E-state index contributed by atoms with van der Waals surface area (Å²) >= 11 is 0. The van der Waals surface area contributed by atoms with Gasteiger partial charge in [-0.1, -0.05) is 0 Å². The maximum Gasteiger partial charge on any atom is 0.320 e. The zero-order chi connectivity index (χ0) is 14.8. The molecule has 0 bridgehead atoms. The Balaban J connectivity index is 1.52. The van der Waals surface area contributed by atoms with Gasteiger partial charge in [0.2, 0.25) is 5.91 Å². The van der Waals surface area contributed by atoms with Crippen molar-refractivity contribution >= 4 is 11.9 Å². The fraction of sp³-hybridized carbons (Fsp3) is 0.867. The standard InChI is InChI=1S/C15H25N3O3/c19-14(12-3-1-7-16-12)17-9-5-11(6-10-17)18-8-2-4-13(18)15(20)21/h11-13,16H,1-10H2,(H,20,21)/t12-,13?/m1/s1. The summed E-state index contributed by atoms with van der Waals surface area (Å²) in [5, 5.41) is 12.5. The molecule has 0 aliphatic carbocycles. The molecular weight excluding hydrogens is 270 g/mol. The van der Waals surface area contributed by atoms with Crippen LogP contribution in [-0.4, -0.2) is 71.1 Å². The van der Waals surface area contributed by atoms with E-state index in [1.165, 1.54) is 0 Å². The maximum absolute atomic E-state index is 12.4. The summed E-state index contributed by atoms with van der Waals surface area (Å²) in [6.07, 6.45) is 5.58. The average Bonchev–Trinajstić information content (AvgIpc) is 3.18. The fourth-order valence-electron chi connectivity index (χ4n) is 4.02. The van der Waals surface area contributed by atoms with Crippen molar-refractivity contribution in [2.45, 2.75) is 56.7 Å². The van der Waals surface area contributed by atoms with Gasteiger partial charge in [-0.05, 0) is 51.6 Å². The number of aliphatic carboxylic acids is 1. The lowest BCUT2D eigenvalue weighted by Crippen LogP contribution is -2.52. The van der Waals surface area contributed by atoms with Gasteiger partial charge in [0.05, 0.1) is 6.04 Å². The van der Waals surface area contributed by atoms with E-state index in [0.717, 1.165) is 64.7 Å². The Labute approximate surface area is 125 Å². The first-order valence-electron chi connectivity index (χ1n) is 8.17. The van der Waals surface area contributed by atoms with Crippen LogP contribution in [-0.2, 0) is 9.59 Å². The lowest BCUT2D eigenvalue weighted by molar-refractivity contribution is -0.144. The molecule has 3 saturated heterocycles. The van der Waals surface area contributed by atoms with Gasteiger partial charge in [0.15, 0.2) is 0 Å². The minimum Gasteiger partial charge on any atom is -0.480 e. The third-order valence-electron chi connectivity index (χ3n) is 5.18. The number of nitrogens with zero attached hydrogens (tertiary/aromatic N) is 2. The molecule has 0 aromatic rings. The molecule has 3 heterocycles. The van der Waals surface area contributed by atoms with Gasteiger partial charge in [-0.2, -0.15) is 0 Å². The predicted octanol–water partition coefficient (Wildman–Crippen LogP) is 0.278. The van der Waals surface area contributed by atoms with Crippen LogP contribution in [0.15, 0.2) is 0 Å². The Bertz CT molecular complexity index is 401. The minimum atomic E-state index is -0.693. The number of hydrogen-bond donors (Lipinski definition) is 2. The molecule has 1 amide bonds. The van der Waals surface area contributed by atoms with Gasteiger partial charge >= 0.3 is 5.97 Å². The number of likely N-dealkylation sites (tertiary alicyclic amines) is 2. The normalized spacial score (nSPS) is 31.7. The first-order chi connectivity index (χ1) is 10.2. The lowest BCUT2D eigenvalue weighted by atomic mass is 10.0. The number of hydrogen-bond acceptors (Lipinski definition) is 4. The van der Waals surface area contributed by atoms with Crippen molar-refractivity contribution in [1.82, 2.24) is 15.1 Å². The molecule has 0 aromatic heterocycles. The number of carboxylic acids is 1. The molecule has 3 aliphatic heterocycles. The number of nitrogens with one attached hydrogen (secondary N) is 1. The second kappa shape index (κ2) is 6.32. The Morgan fingerprint density at radius 2 is 1.76 bits per heavy atom. The van der Waals surface area contributed by atoms with Crippen molar-refractivity contribution in [3.8, 4) is 0 Å². The van der Waals surface area contributed by atoms with Crippen LogP contribution in [0.3, 0.4) is 0 Å². The number of carbonyl (C=O) groups is 2. The quantitative estimate of drug-likeness (QED) is 0.782. The first-order valence-corrected chi connectivity index (χ1v) is 8.17. The Morgan fingerprint density at radius 1 is 1.00 bits per heavy atom. The highest BCUT2D eigenvalue weighted by Crippen LogP contribution is 2.26. The molecule has 3 rings (SSSR count). The van der Waals surface area contributed by atoms with Crippen molar-refractivity contribution in [3.63, 3.8) is 0 Å². The summed E-state index contributed by atoms with van der Waals surface area (Å²) in [5.41, 5.74) is 0. The molecule has 2 N–H and O–H groups in total. The molecule has 6 heteroatoms. The zero-order valence-corrected chi connectivity index (χ0v) is 12.5. The molecule has 6 nitrogen and oxygen atoms in total. The molecule has 0 radical (unpaired) electrons. The second-order valence-corrected chi connectivity index (χ2v) is 6.44. The molecule has 3 aliphatic rings. The van der Waals surface area contributed by atoms with Gasteiger partial charge < -0.3 is 15.3 Å². The SMILES string of the molecule is O=C(O)C1CCCN1C1CCN(C(=O)[C@H]2CCCN2)CC1. The van der Waals surface area contributed by atoms with Crippen LogP contribution in [0.4, 0.5) is 0 Å². The molecule has 1 unspecified atom stereocenters. The molecule has 21 heavy (non-hydrogen) atoms. The van der Waals surface area contributed by atoms with Gasteiger partial charge in [0.1, 0.15) is 6.04 Å². The minimum absolute atomic E-state index is 0.0140. The highest BCUT2D eigenvalue weighted by molar-refractivity contribution is 5.82. The Kier molecular flexibility index (Phi) is 4.45. The number of rotatable bonds is 3. The highest BCUT2D eigenvalue weighted by atomic mass is 16.4. The summed E-state index contributed by atoms with van der Waals surface area (Å²) in [4.78, 5) is 27.8. The van der Waals surface area contributed by atoms with E-state index < -0.39 is 5.97 Å². The molecule has 118 valence electrons. The third kappa shape index (κ3) is 3.06. The maximum atomic E-state index is 12.4. The van der Waals surface area contributed by atoms with Crippen molar-refractivity contribution in [2.75, 3.05) is 26.2 Å². The van der Waals surface area contributed by atoms with Gasteiger partial charge in [-0.15, -0.1) is 0 Å². The molecule has 0 saturated carbocycles. The smallest absolute Gasteiger partial charge is 0.320 e. The summed E-state index contributed by atoms with van der Waals surface area (Å²) in [5.74, 6) is -0.455. The van der Waals surface area contributed by atoms with Crippen LogP contribution in [0.25, 0.3) is 0 Å². The summed E-state index contributed by atoms with van der Waals surface area (Å²) in [6, 6.07) is 0.0306. The molecule has 2 atom stereocenters. The van der Waals surface area contributed by atoms with E-state index in [1.807, 2.05) is 4.90 Å². The van der Waals surface area contributed by atoms with E-state index in [1.54, 1.807) is 0 Å². The number of piperidine rings is 1. The van der Waals surface area contributed by atoms with Gasteiger partial charge in [-0.25, -0.2) is 0 Å². The number of carbonyl (C=O) groups excluding carboxylic acids is 1. The van der Waals surface area contributed by atoms with Crippen LogP contribution in [0.1, 0.15) is 38.5 Å². The second-order valence-electron chi connectivity index (χ2n) is 6.44. The lowest BCUT2D eigenvalue weighted by Gasteiger charge is -2.39. The topological polar surface area (TPSA) is 72.9 Å². The molecule has 3 fully saturated rings. The molecule has 0 aromatic carbocycles. The third-order valence-corrected chi connectivity index (χ3v) is 5.18. The van der Waals surface area contributed by atoms with E-state index >= 15 is 0 Å². The number of carboxylic acid groups (broad SMARTS) is 1. The van der Waals surface area contributed by atoms with Crippen LogP contribution in [0.2, 0.25) is 0 Å². The first kappa shape index (κ1) is 14.8. The van der Waals surface area contributed by atoms with Crippen LogP contribution in [0.5, 0.6) is 0 Å². The largest absolute Gasteiger partial charge is 0.480 e. The fourth-order valence-corrected chi connectivity index (χ4v) is 4.02. The predicted molar refractivity (Wildman–Crippen MR) is 78.0 cm³/mol. The van der Waals surface area contributed by atoms with Gasteiger partial charge in [-0.3, -0.25) is 14.5 Å². The monoisotopic (exact) mass is 295 g/mol. The molecular formula is C15H25N3O3. The van der Waals surface area contributed by atoms with Crippen LogP contribution in [0, 0.1) is 0 Å². The zero-order valence-electron chi connectivity index (χ0n) is 12.5. The van der Waals surface area contributed by atoms with Crippen molar-refractivity contribution < 1.29 is 14.7 Å². The summed E-state index contributed by atoms with van der Waals surface area (Å²) in [7, 11) is 0. The van der Waals surface area contributed by atoms with Gasteiger partial charge in [0.25, 0.3) is 0 Å². The van der Waals surface area contributed by atoms with E-state index in [9.17, 15) is 14.7 Å². The highest BCUT2D eigenvalue weighted by Gasteiger charge is 2.38. The summed E-state index contributed by atoms with van der Waals surface area (Å²) in [6.45, 7) is 3.37. The Hall–Kier alpha value is -1.14.